The first kappa shape index (κ1) is 8.77. The Bertz CT molecular complexity index is 316. The van der Waals surface area contributed by atoms with Gasteiger partial charge >= 0.3 is 0 Å². The van der Waals surface area contributed by atoms with Gasteiger partial charge in [0.2, 0.25) is 0 Å². The van der Waals surface area contributed by atoms with Crippen molar-refractivity contribution in [1.29, 1.82) is 0 Å². The molecule has 0 radical (unpaired) electrons. The highest BCUT2D eigenvalue weighted by Gasteiger charge is 1.97. The number of aryl methyl sites for hydroxylation is 1. The second kappa shape index (κ2) is 3.38. The minimum atomic E-state index is -0.0966. The summed E-state index contributed by atoms with van der Waals surface area (Å²) in [6, 6.07) is 1.85. The average Bonchev–Trinajstić information content (AvgIpc) is 1.96. The molecule has 0 atom stereocenters. The SMILES string of the molecule is CC(C)Nc1cnn(C)c(=O)c1. The molecule has 0 aliphatic carbocycles. The topological polar surface area (TPSA) is 46.9 Å². The zero-order valence-electron chi connectivity index (χ0n) is 7.53. The number of hydrogen-bond acceptors (Lipinski definition) is 3. The maximum absolute atomic E-state index is 11.1. The normalized spacial score (nSPS) is 10.3. The molecule has 0 aliphatic rings. The summed E-state index contributed by atoms with van der Waals surface area (Å²) in [6.45, 7) is 4.02. The third-order valence-corrected chi connectivity index (χ3v) is 1.42. The van der Waals surface area contributed by atoms with Crippen LogP contribution in [0.3, 0.4) is 0 Å². The molecule has 0 unspecified atom stereocenters. The predicted molar refractivity (Wildman–Crippen MR) is 48.2 cm³/mol. The Morgan fingerprint density at radius 1 is 1.58 bits per heavy atom. The van der Waals surface area contributed by atoms with Crippen molar-refractivity contribution in [3.63, 3.8) is 0 Å². The maximum atomic E-state index is 11.1. The van der Waals surface area contributed by atoms with E-state index in [9.17, 15) is 4.79 Å². The number of rotatable bonds is 2. The largest absolute Gasteiger partial charge is 0.381 e. The molecule has 0 fully saturated rings. The summed E-state index contributed by atoms with van der Waals surface area (Å²) < 4.78 is 1.30. The second-order valence-electron chi connectivity index (χ2n) is 3.01. The number of aromatic nitrogens is 2. The van der Waals surface area contributed by atoms with Gasteiger partial charge in [0.25, 0.3) is 5.56 Å². The van der Waals surface area contributed by atoms with Crippen LogP contribution in [0.5, 0.6) is 0 Å². The zero-order valence-corrected chi connectivity index (χ0v) is 7.53. The van der Waals surface area contributed by atoms with E-state index < -0.39 is 0 Å². The van der Waals surface area contributed by atoms with Crippen molar-refractivity contribution in [1.82, 2.24) is 9.78 Å². The molecule has 0 spiro atoms. The van der Waals surface area contributed by atoms with Crippen molar-refractivity contribution in [2.24, 2.45) is 7.05 Å². The Morgan fingerprint density at radius 3 is 2.75 bits per heavy atom. The van der Waals surface area contributed by atoms with Gasteiger partial charge in [-0.15, -0.1) is 0 Å². The summed E-state index contributed by atoms with van der Waals surface area (Å²) in [6.07, 6.45) is 1.64. The molecule has 1 rings (SSSR count). The molecule has 0 bridgehead atoms. The number of anilines is 1. The van der Waals surface area contributed by atoms with E-state index in [1.54, 1.807) is 13.2 Å². The lowest BCUT2D eigenvalue weighted by Crippen LogP contribution is -2.20. The second-order valence-corrected chi connectivity index (χ2v) is 3.01. The quantitative estimate of drug-likeness (QED) is 0.701. The minimum Gasteiger partial charge on any atom is -0.381 e. The Morgan fingerprint density at radius 2 is 2.25 bits per heavy atom. The molecule has 66 valence electrons. The van der Waals surface area contributed by atoms with Crippen LogP contribution in [0.1, 0.15) is 13.8 Å². The molecule has 0 amide bonds. The molecular formula is C8H13N3O. The predicted octanol–water partition coefficient (Wildman–Crippen LogP) is 0.601. The first-order valence-electron chi connectivity index (χ1n) is 3.89. The maximum Gasteiger partial charge on any atom is 0.268 e. The third-order valence-electron chi connectivity index (χ3n) is 1.42. The van der Waals surface area contributed by atoms with Crippen molar-refractivity contribution in [3.8, 4) is 0 Å². The van der Waals surface area contributed by atoms with Gasteiger partial charge in [0.05, 0.1) is 11.9 Å². The molecule has 1 aromatic rings. The van der Waals surface area contributed by atoms with Crippen LogP contribution >= 0.6 is 0 Å². The highest BCUT2D eigenvalue weighted by atomic mass is 16.1. The Hall–Kier alpha value is -1.32. The van der Waals surface area contributed by atoms with Gasteiger partial charge in [0, 0.05) is 19.2 Å². The van der Waals surface area contributed by atoms with Crippen LogP contribution in [0.15, 0.2) is 17.1 Å². The van der Waals surface area contributed by atoms with Gasteiger partial charge in [-0.1, -0.05) is 0 Å². The highest BCUT2D eigenvalue weighted by molar-refractivity contribution is 5.39. The van der Waals surface area contributed by atoms with E-state index in [1.807, 2.05) is 13.8 Å². The lowest BCUT2D eigenvalue weighted by Gasteiger charge is -2.08. The van der Waals surface area contributed by atoms with E-state index in [2.05, 4.69) is 10.4 Å². The molecule has 1 heterocycles. The Balaban J connectivity index is 2.90. The first-order chi connectivity index (χ1) is 5.59. The monoisotopic (exact) mass is 167 g/mol. The van der Waals surface area contributed by atoms with Crippen LogP contribution < -0.4 is 10.9 Å². The fourth-order valence-electron chi connectivity index (χ4n) is 0.882. The van der Waals surface area contributed by atoms with Gasteiger partial charge in [-0.2, -0.15) is 5.10 Å². The van der Waals surface area contributed by atoms with Gasteiger partial charge < -0.3 is 5.32 Å². The van der Waals surface area contributed by atoms with Crippen LogP contribution in [0.2, 0.25) is 0 Å². The van der Waals surface area contributed by atoms with Gasteiger partial charge in [0.1, 0.15) is 0 Å². The van der Waals surface area contributed by atoms with Crippen LogP contribution in [-0.4, -0.2) is 15.8 Å². The summed E-state index contributed by atoms with van der Waals surface area (Å²) in [5.74, 6) is 0. The van der Waals surface area contributed by atoms with Gasteiger partial charge in [-0.05, 0) is 13.8 Å². The molecule has 4 heteroatoms. The molecule has 0 aromatic carbocycles. The van der Waals surface area contributed by atoms with Crippen molar-refractivity contribution in [2.75, 3.05) is 5.32 Å². The van der Waals surface area contributed by atoms with Crippen LogP contribution in [-0.2, 0) is 7.05 Å². The number of nitrogens with one attached hydrogen (secondary N) is 1. The van der Waals surface area contributed by atoms with E-state index in [0.717, 1.165) is 5.69 Å². The van der Waals surface area contributed by atoms with E-state index in [0.29, 0.717) is 6.04 Å². The molecule has 1 N–H and O–H groups in total. The molecule has 0 saturated carbocycles. The lowest BCUT2D eigenvalue weighted by molar-refractivity contribution is 0.706. The lowest BCUT2D eigenvalue weighted by atomic mass is 10.3. The van der Waals surface area contributed by atoms with Crippen molar-refractivity contribution < 1.29 is 0 Å². The summed E-state index contributed by atoms with van der Waals surface area (Å²) in [5.41, 5.74) is 0.675. The van der Waals surface area contributed by atoms with Crippen LogP contribution in [0.4, 0.5) is 5.69 Å². The van der Waals surface area contributed by atoms with E-state index >= 15 is 0 Å². The van der Waals surface area contributed by atoms with E-state index in [4.69, 9.17) is 0 Å². The van der Waals surface area contributed by atoms with E-state index in [1.165, 1.54) is 10.7 Å². The zero-order chi connectivity index (χ0) is 9.14. The molecule has 0 aliphatic heterocycles. The van der Waals surface area contributed by atoms with Crippen molar-refractivity contribution in [3.05, 3.63) is 22.6 Å². The fourth-order valence-corrected chi connectivity index (χ4v) is 0.882. The molecule has 12 heavy (non-hydrogen) atoms. The standard InChI is InChI=1S/C8H13N3O/c1-6(2)10-7-4-8(12)11(3)9-5-7/h4-6,10H,1-3H3. The molecular weight excluding hydrogens is 154 g/mol. The van der Waals surface area contributed by atoms with E-state index in [-0.39, 0.29) is 5.56 Å². The molecule has 4 nitrogen and oxygen atoms in total. The third kappa shape index (κ3) is 2.08. The molecule has 0 saturated heterocycles. The van der Waals surface area contributed by atoms with Gasteiger partial charge in [-0.3, -0.25) is 4.79 Å². The Labute approximate surface area is 71.2 Å². The fraction of sp³-hybridized carbons (Fsp3) is 0.500. The summed E-state index contributed by atoms with van der Waals surface area (Å²) in [5, 5.41) is 6.97. The number of hydrogen-bond donors (Lipinski definition) is 1. The highest BCUT2D eigenvalue weighted by Crippen LogP contribution is 2.00. The van der Waals surface area contributed by atoms with Crippen molar-refractivity contribution >= 4 is 5.69 Å². The van der Waals surface area contributed by atoms with Crippen molar-refractivity contribution in [2.45, 2.75) is 19.9 Å². The number of nitrogens with zero attached hydrogens (tertiary/aromatic N) is 2. The van der Waals surface area contributed by atoms with Gasteiger partial charge in [0.15, 0.2) is 0 Å². The summed E-state index contributed by atoms with van der Waals surface area (Å²) >= 11 is 0. The Kier molecular flexibility index (Phi) is 2.47. The van der Waals surface area contributed by atoms with Crippen LogP contribution in [0.25, 0.3) is 0 Å². The summed E-state index contributed by atoms with van der Waals surface area (Å²) in [7, 11) is 1.63. The first-order valence-corrected chi connectivity index (χ1v) is 3.89. The molecule has 1 aromatic heterocycles. The summed E-state index contributed by atoms with van der Waals surface area (Å²) in [4.78, 5) is 11.1. The smallest absolute Gasteiger partial charge is 0.268 e. The van der Waals surface area contributed by atoms with Gasteiger partial charge in [-0.25, -0.2) is 4.68 Å². The average molecular weight is 167 g/mol. The minimum absolute atomic E-state index is 0.0966. The van der Waals surface area contributed by atoms with Crippen LogP contribution in [0, 0.1) is 0 Å².